The molecule has 0 amide bonds. The number of ether oxygens (including phenoxy) is 6. The second kappa shape index (κ2) is 8.29. The molecule has 0 bridgehead atoms. The van der Waals surface area contributed by atoms with Gasteiger partial charge in [0.15, 0.2) is 28.8 Å². The van der Waals surface area contributed by atoms with Crippen LogP contribution in [0.25, 0.3) is 0 Å². The lowest BCUT2D eigenvalue weighted by atomic mass is 9.89. The number of carbonyl (C=O) groups excluding carboxylic acids is 1. The van der Waals surface area contributed by atoms with Gasteiger partial charge in [0.2, 0.25) is 11.5 Å². The highest BCUT2D eigenvalue weighted by Gasteiger charge is 2.31. The van der Waals surface area contributed by atoms with E-state index in [1.807, 2.05) is 12.1 Å². The number of benzene rings is 2. The van der Waals surface area contributed by atoms with Gasteiger partial charge in [0.05, 0.1) is 48.1 Å². The number of hydrogen-bond donors (Lipinski definition) is 0. The van der Waals surface area contributed by atoms with E-state index < -0.39 is 0 Å². The van der Waals surface area contributed by atoms with Crippen LogP contribution in [-0.2, 0) is 6.42 Å². The molecule has 1 heterocycles. The van der Waals surface area contributed by atoms with Crippen LogP contribution in [0.5, 0.6) is 34.5 Å². The zero-order chi connectivity index (χ0) is 20.3. The van der Waals surface area contributed by atoms with Crippen molar-refractivity contribution in [2.45, 2.75) is 6.42 Å². The molecular formula is C21H24O7. The summed E-state index contributed by atoms with van der Waals surface area (Å²) in [4.78, 5) is 13.1. The van der Waals surface area contributed by atoms with Gasteiger partial charge in [0.1, 0.15) is 0 Å². The topological polar surface area (TPSA) is 72.5 Å². The average molecular weight is 388 g/mol. The standard InChI is InChI=1S/C21H24O7/c1-23-15-7-6-12-8-14(11-28-19(12)21(15)27-5)18(22)13-9-16(24-2)20(26-4)17(10-13)25-3/h6-7,9-10,14H,8,11H2,1-5H3. The van der Waals surface area contributed by atoms with Crippen molar-refractivity contribution in [3.63, 3.8) is 0 Å². The Labute approximate surface area is 164 Å². The highest BCUT2D eigenvalue weighted by Crippen LogP contribution is 2.44. The molecule has 0 radical (unpaired) electrons. The molecule has 1 atom stereocenters. The first-order valence-corrected chi connectivity index (χ1v) is 8.78. The lowest BCUT2D eigenvalue weighted by Crippen LogP contribution is -2.28. The van der Waals surface area contributed by atoms with Crippen molar-refractivity contribution in [1.29, 1.82) is 0 Å². The summed E-state index contributed by atoms with van der Waals surface area (Å²) >= 11 is 0. The summed E-state index contributed by atoms with van der Waals surface area (Å²) in [6, 6.07) is 7.03. The van der Waals surface area contributed by atoms with Gasteiger partial charge < -0.3 is 28.4 Å². The largest absolute Gasteiger partial charge is 0.493 e. The lowest BCUT2D eigenvalue weighted by Gasteiger charge is -2.26. The van der Waals surface area contributed by atoms with Gasteiger partial charge in [-0.2, -0.15) is 0 Å². The predicted molar refractivity (Wildman–Crippen MR) is 103 cm³/mol. The second-order valence-electron chi connectivity index (χ2n) is 6.28. The molecule has 0 saturated carbocycles. The van der Waals surface area contributed by atoms with E-state index in [1.54, 1.807) is 26.4 Å². The molecule has 2 aromatic rings. The molecule has 7 nitrogen and oxygen atoms in total. The number of fused-ring (bicyclic) bond motifs is 1. The lowest BCUT2D eigenvalue weighted by molar-refractivity contribution is 0.0850. The number of hydrogen-bond acceptors (Lipinski definition) is 7. The summed E-state index contributed by atoms with van der Waals surface area (Å²) in [5.41, 5.74) is 1.38. The Morgan fingerprint density at radius 1 is 0.857 bits per heavy atom. The molecule has 0 N–H and O–H groups in total. The number of ketones is 1. The van der Waals surface area contributed by atoms with Crippen LogP contribution >= 0.6 is 0 Å². The van der Waals surface area contributed by atoms with Gasteiger partial charge in [0.25, 0.3) is 0 Å². The molecular weight excluding hydrogens is 364 g/mol. The monoisotopic (exact) mass is 388 g/mol. The highest BCUT2D eigenvalue weighted by atomic mass is 16.5. The fourth-order valence-electron chi connectivity index (χ4n) is 3.39. The minimum absolute atomic E-state index is 0.0558. The van der Waals surface area contributed by atoms with Gasteiger partial charge in [-0.15, -0.1) is 0 Å². The molecule has 1 aliphatic heterocycles. The molecule has 0 spiro atoms. The van der Waals surface area contributed by atoms with E-state index in [0.717, 1.165) is 5.56 Å². The van der Waals surface area contributed by atoms with E-state index in [4.69, 9.17) is 28.4 Å². The Bertz CT molecular complexity index is 850. The average Bonchev–Trinajstić information content (AvgIpc) is 2.75. The summed E-state index contributed by atoms with van der Waals surface area (Å²) in [7, 11) is 7.70. The first-order chi connectivity index (χ1) is 13.6. The van der Waals surface area contributed by atoms with Crippen molar-refractivity contribution in [3.8, 4) is 34.5 Å². The zero-order valence-corrected chi connectivity index (χ0v) is 16.7. The number of carbonyl (C=O) groups is 1. The van der Waals surface area contributed by atoms with E-state index in [2.05, 4.69) is 0 Å². The van der Waals surface area contributed by atoms with Crippen LogP contribution < -0.4 is 28.4 Å². The summed E-state index contributed by atoms with van der Waals surface area (Å²) < 4.78 is 32.6. The molecule has 7 heteroatoms. The quantitative estimate of drug-likeness (QED) is 0.675. The fourth-order valence-corrected chi connectivity index (χ4v) is 3.39. The maximum Gasteiger partial charge on any atom is 0.203 e. The molecule has 0 aromatic heterocycles. The van der Waals surface area contributed by atoms with E-state index in [-0.39, 0.29) is 18.3 Å². The van der Waals surface area contributed by atoms with Gasteiger partial charge in [-0.25, -0.2) is 0 Å². The summed E-state index contributed by atoms with van der Waals surface area (Å²) in [5.74, 6) is 2.68. The highest BCUT2D eigenvalue weighted by molar-refractivity contribution is 5.99. The number of Topliss-reactive ketones (excluding diaryl/α,β-unsaturated/α-hetero) is 1. The van der Waals surface area contributed by atoms with Crippen molar-refractivity contribution in [1.82, 2.24) is 0 Å². The van der Waals surface area contributed by atoms with Gasteiger partial charge >= 0.3 is 0 Å². The van der Waals surface area contributed by atoms with E-state index in [0.29, 0.717) is 46.5 Å². The number of rotatable bonds is 7. The first kappa shape index (κ1) is 19.7. The van der Waals surface area contributed by atoms with Crippen molar-refractivity contribution < 1.29 is 33.2 Å². The SMILES string of the molecule is COc1cc(C(=O)C2COc3c(ccc(OC)c3OC)C2)cc(OC)c1OC. The minimum Gasteiger partial charge on any atom is -0.493 e. The maximum atomic E-state index is 13.1. The van der Waals surface area contributed by atoms with Crippen LogP contribution in [-0.4, -0.2) is 47.9 Å². The van der Waals surface area contributed by atoms with Crippen molar-refractivity contribution in [2.24, 2.45) is 5.92 Å². The first-order valence-electron chi connectivity index (χ1n) is 8.78. The molecule has 28 heavy (non-hydrogen) atoms. The third-order valence-corrected chi connectivity index (χ3v) is 4.80. The second-order valence-corrected chi connectivity index (χ2v) is 6.28. The van der Waals surface area contributed by atoms with Gasteiger partial charge in [-0.1, -0.05) is 6.07 Å². The molecule has 3 rings (SSSR count). The Hall–Kier alpha value is -3.09. The van der Waals surface area contributed by atoms with Crippen LogP contribution in [0.2, 0.25) is 0 Å². The van der Waals surface area contributed by atoms with Crippen molar-refractivity contribution in [2.75, 3.05) is 42.2 Å². The van der Waals surface area contributed by atoms with Gasteiger partial charge in [-0.3, -0.25) is 4.79 Å². The maximum absolute atomic E-state index is 13.1. The smallest absolute Gasteiger partial charge is 0.203 e. The summed E-state index contributed by atoms with van der Waals surface area (Å²) in [6.07, 6.45) is 0.533. The molecule has 150 valence electrons. The minimum atomic E-state index is -0.339. The number of methoxy groups -OCH3 is 5. The Morgan fingerprint density at radius 2 is 1.46 bits per heavy atom. The van der Waals surface area contributed by atoms with Gasteiger partial charge in [0, 0.05) is 5.56 Å². The molecule has 0 fully saturated rings. The zero-order valence-electron chi connectivity index (χ0n) is 16.7. The third-order valence-electron chi connectivity index (χ3n) is 4.80. The van der Waals surface area contributed by atoms with Crippen LogP contribution in [0.3, 0.4) is 0 Å². The van der Waals surface area contributed by atoms with Crippen LogP contribution in [0.4, 0.5) is 0 Å². The fraction of sp³-hybridized carbons (Fsp3) is 0.381. The summed E-state index contributed by atoms with van der Waals surface area (Å²) in [6.45, 7) is 0.242. The van der Waals surface area contributed by atoms with Gasteiger partial charge in [-0.05, 0) is 30.2 Å². The molecule has 1 aliphatic rings. The van der Waals surface area contributed by atoms with Crippen molar-refractivity contribution in [3.05, 3.63) is 35.4 Å². The molecule has 2 aromatic carbocycles. The van der Waals surface area contributed by atoms with E-state index >= 15 is 0 Å². The van der Waals surface area contributed by atoms with E-state index in [9.17, 15) is 4.79 Å². The van der Waals surface area contributed by atoms with Crippen LogP contribution in [0.1, 0.15) is 15.9 Å². The molecule has 0 saturated heterocycles. The Balaban J connectivity index is 1.91. The van der Waals surface area contributed by atoms with E-state index in [1.165, 1.54) is 21.3 Å². The van der Waals surface area contributed by atoms with Crippen molar-refractivity contribution >= 4 is 5.78 Å². The normalized spacial score (nSPS) is 15.1. The van der Waals surface area contributed by atoms with Crippen LogP contribution in [0.15, 0.2) is 24.3 Å². The third kappa shape index (κ3) is 3.40. The molecule has 0 aliphatic carbocycles. The predicted octanol–water partition coefficient (Wildman–Crippen LogP) is 3.16. The summed E-state index contributed by atoms with van der Waals surface area (Å²) in [5, 5.41) is 0. The Morgan fingerprint density at radius 3 is 2.00 bits per heavy atom. The van der Waals surface area contributed by atoms with Crippen LogP contribution in [0, 0.1) is 5.92 Å². The molecule has 1 unspecified atom stereocenters. The Kier molecular flexibility index (Phi) is 5.82.